The van der Waals surface area contributed by atoms with Gasteiger partial charge in [-0.05, 0) is 43.8 Å². The van der Waals surface area contributed by atoms with Gasteiger partial charge in [0.05, 0.1) is 18.7 Å². The third kappa shape index (κ3) is 4.29. The number of fused-ring (bicyclic) bond motifs is 1. The van der Waals surface area contributed by atoms with Gasteiger partial charge in [0.25, 0.3) is 0 Å². The van der Waals surface area contributed by atoms with E-state index in [0.29, 0.717) is 6.42 Å². The van der Waals surface area contributed by atoms with Gasteiger partial charge in [-0.2, -0.15) is 0 Å². The summed E-state index contributed by atoms with van der Waals surface area (Å²) in [5.74, 6) is 0.554. The highest BCUT2D eigenvalue weighted by molar-refractivity contribution is 5.92. The lowest BCUT2D eigenvalue weighted by atomic mass is 9.99. The lowest BCUT2D eigenvalue weighted by Gasteiger charge is -2.26. The van der Waals surface area contributed by atoms with Crippen molar-refractivity contribution in [1.29, 1.82) is 0 Å². The van der Waals surface area contributed by atoms with Gasteiger partial charge in [-0.1, -0.05) is 30.4 Å². The molecule has 1 aliphatic carbocycles. The van der Waals surface area contributed by atoms with Crippen LogP contribution in [0.3, 0.4) is 0 Å². The summed E-state index contributed by atoms with van der Waals surface area (Å²) >= 11 is 0. The Labute approximate surface area is 153 Å². The predicted molar refractivity (Wildman–Crippen MR) is 98.9 cm³/mol. The monoisotopic (exact) mass is 353 g/mol. The fraction of sp³-hybridized carbons (Fsp3) is 0.333. The molecular formula is C21H23NO4. The normalized spacial score (nSPS) is 16.7. The van der Waals surface area contributed by atoms with Crippen molar-refractivity contribution in [3.05, 3.63) is 65.5 Å². The van der Waals surface area contributed by atoms with E-state index in [4.69, 9.17) is 9.47 Å². The Balaban J connectivity index is 1.62. The third-order valence-corrected chi connectivity index (χ3v) is 4.54. The highest BCUT2D eigenvalue weighted by Gasteiger charge is 2.21. The van der Waals surface area contributed by atoms with Crippen molar-refractivity contribution in [2.45, 2.75) is 25.3 Å². The van der Waals surface area contributed by atoms with Crippen molar-refractivity contribution < 1.29 is 19.1 Å². The number of benzene rings is 1. The molecule has 5 heteroatoms. The maximum atomic E-state index is 12.4. The lowest BCUT2D eigenvalue weighted by Crippen LogP contribution is -2.35. The van der Waals surface area contributed by atoms with Gasteiger partial charge in [-0.15, -0.1) is 0 Å². The van der Waals surface area contributed by atoms with Gasteiger partial charge in [-0.25, -0.2) is 0 Å². The lowest BCUT2D eigenvalue weighted by molar-refractivity contribution is -0.144. The van der Waals surface area contributed by atoms with Crippen LogP contribution in [0.15, 0.2) is 54.3 Å². The molecule has 0 N–H and O–H groups in total. The summed E-state index contributed by atoms with van der Waals surface area (Å²) in [7, 11) is 3.86. The largest absolute Gasteiger partial charge is 0.465 e. The molecule has 26 heavy (non-hydrogen) atoms. The van der Waals surface area contributed by atoms with Crippen molar-refractivity contribution in [3.63, 3.8) is 0 Å². The predicted octanol–water partition coefficient (Wildman–Crippen LogP) is 2.61. The number of carbonyl (C=O) groups is 2. The number of hydrogen-bond donors (Lipinski definition) is 0. The summed E-state index contributed by atoms with van der Waals surface area (Å²) in [5.41, 5.74) is 2.90. The van der Waals surface area contributed by atoms with Crippen LogP contribution in [-0.2, 0) is 27.2 Å². The van der Waals surface area contributed by atoms with E-state index in [9.17, 15) is 9.59 Å². The number of hydrogen-bond acceptors (Lipinski definition) is 5. The van der Waals surface area contributed by atoms with Gasteiger partial charge >= 0.3 is 5.97 Å². The van der Waals surface area contributed by atoms with E-state index in [-0.39, 0.29) is 30.8 Å². The molecule has 0 aromatic heterocycles. The Bertz CT molecular complexity index is 789. The first kappa shape index (κ1) is 18.1. The molecule has 0 saturated carbocycles. The van der Waals surface area contributed by atoms with Crippen LogP contribution in [0, 0.1) is 0 Å². The highest BCUT2D eigenvalue weighted by atomic mass is 16.5. The molecule has 0 radical (unpaired) electrons. The zero-order valence-electron chi connectivity index (χ0n) is 15.1. The van der Waals surface area contributed by atoms with Gasteiger partial charge < -0.3 is 9.47 Å². The van der Waals surface area contributed by atoms with Crippen LogP contribution in [0.2, 0.25) is 0 Å². The van der Waals surface area contributed by atoms with Crippen LogP contribution >= 0.6 is 0 Å². The maximum absolute atomic E-state index is 12.4. The zero-order chi connectivity index (χ0) is 18.5. The molecule has 2 aliphatic rings. The minimum absolute atomic E-state index is 0.0767. The van der Waals surface area contributed by atoms with E-state index < -0.39 is 0 Å². The molecule has 1 aromatic rings. The molecule has 1 heterocycles. The molecule has 136 valence electrons. The van der Waals surface area contributed by atoms with Gasteiger partial charge in [0.2, 0.25) is 0 Å². The molecule has 5 nitrogen and oxygen atoms in total. The summed E-state index contributed by atoms with van der Waals surface area (Å²) in [6, 6.07) is 5.74. The minimum atomic E-state index is -0.292. The van der Waals surface area contributed by atoms with E-state index in [1.54, 1.807) is 18.4 Å². The number of nitrogens with zero attached hydrogens (tertiary/aromatic N) is 1. The average molecular weight is 353 g/mol. The number of esters is 1. The number of allylic oxidation sites excluding steroid dienone is 3. The van der Waals surface area contributed by atoms with Crippen molar-refractivity contribution in [1.82, 2.24) is 4.90 Å². The number of rotatable bonds is 6. The van der Waals surface area contributed by atoms with Crippen molar-refractivity contribution in [2.24, 2.45) is 0 Å². The number of carbonyl (C=O) groups excluding carboxylic acids is 2. The van der Waals surface area contributed by atoms with E-state index in [0.717, 1.165) is 28.9 Å². The molecule has 1 aliphatic heterocycles. The molecule has 3 rings (SSSR count). The van der Waals surface area contributed by atoms with Crippen LogP contribution in [0.1, 0.15) is 17.5 Å². The fourth-order valence-corrected chi connectivity index (χ4v) is 3.09. The van der Waals surface area contributed by atoms with E-state index in [1.807, 2.05) is 49.3 Å². The standard InChI is InChI=1S/C21H23NO4/c1-22(2)19(15-8-10-18(23)11-9-15)14-26-20(24)13-17-6-3-5-16-7-4-12-25-21(16)17/h3-6,8-10,12,19H,7,11,13-14H2,1-2H3. The topological polar surface area (TPSA) is 55.8 Å². The molecule has 1 aromatic carbocycles. The van der Waals surface area contributed by atoms with Crippen LogP contribution in [0.5, 0.6) is 5.75 Å². The Morgan fingerprint density at radius 3 is 2.85 bits per heavy atom. The molecule has 1 atom stereocenters. The van der Waals surface area contributed by atoms with Gasteiger partial charge in [0.1, 0.15) is 12.4 Å². The average Bonchev–Trinajstić information content (AvgIpc) is 2.63. The van der Waals surface area contributed by atoms with Gasteiger partial charge in [-0.3, -0.25) is 14.5 Å². The Hall–Kier alpha value is -2.66. The molecule has 0 amide bonds. The molecule has 0 fully saturated rings. The quantitative estimate of drug-likeness (QED) is 0.736. The minimum Gasteiger partial charge on any atom is -0.465 e. The third-order valence-electron chi connectivity index (χ3n) is 4.54. The van der Waals surface area contributed by atoms with Crippen LogP contribution < -0.4 is 4.74 Å². The maximum Gasteiger partial charge on any atom is 0.310 e. The van der Waals surface area contributed by atoms with E-state index in [1.165, 1.54) is 0 Å². The second-order valence-corrected chi connectivity index (χ2v) is 6.65. The molecule has 0 saturated heterocycles. The van der Waals surface area contributed by atoms with Gasteiger partial charge in [0.15, 0.2) is 5.78 Å². The summed E-state index contributed by atoms with van der Waals surface area (Å²) in [6.45, 7) is 0.242. The van der Waals surface area contributed by atoms with Crippen molar-refractivity contribution in [3.8, 4) is 5.75 Å². The molecular weight excluding hydrogens is 330 g/mol. The number of ketones is 1. The summed E-state index contributed by atoms with van der Waals surface area (Å²) < 4.78 is 11.1. The Kier molecular flexibility index (Phi) is 5.68. The zero-order valence-corrected chi connectivity index (χ0v) is 15.1. The summed E-state index contributed by atoms with van der Waals surface area (Å²) in [4.78, 5) is 25.7. The number of likely N-dealkylation sites (N-methyl/N-ethyl adjacent to an activating group) is 1. The first-order chi connectivity index (χ1) is 12.5. The SMILES string of the molecule is CN(C)C(COC(=O)Cc1cccc2c1OC=CC2)C1=CCC(=O)C=C1. The van der Waals surface area contributed by atoms with Crippen LogP contribution in [0.4, 0.5) is 0 Å². The first-order valence-electron chi connectivity index (χ1n) is 8.70. The second-order valence-electron chi connectivity index (χ2n) is 6.65. The first-order valence-corrected chi connectivity index (χ1v) is 8.70. The summed E-state index contributed by atoms with van der Waals surface area (Å²) in [5, 5.41) is 0. The Morgan fingerprint density at radius 2 is 2.12 bits per heavy atom. The Morgan fingerprint density at radius 1 is 1.27 bits per heavy atom. The molecule has 1 unspecified atom stereocenters. The van der Waals surface area contributed by atoms with Gasteiger partial charge in [0, 0.05) is 12.0 Å². The summed E-state index contributed by atoms with van der Waals surface area (Å²) in [6.07, 6.45) is 10.3. The van der Waals surface area contributed by atoms with Crippen molar-refractivity contribution in [2.75, 3.05) is 20.7 Å². The van der Waals surface area contributed by atoms with Crippen LogP contribution in [-0.4, -0.2) is 43.4 Å². The smallest absolute Gasteiger partial charge is 0.310 e. The number of para-hydroxylation sites is 1. The number of ether oxygens (including phenoxy) is 2. The highest BCUT2D eigenvalue weighted by Crippen LogP contribution is 2.28. The fourth-order valence-electron chi connectivity index (χ4n) is 3.09. The van der Waals surface area contributed by atoms with E-state index in [2.05, 4.69) is 0 Å². The van der Waals surface area contributed by atoms with E-state index >= 15 is 0 Å². The van der Waals surface area contributed by atoms with Crippen molar-refractivity contribution >= 4 is 11.8 Å². The second kappa shape index (κ2) is 8.15. The molecule has 0 bridgehead atoms. The van der Waals surface area contributed by atoms with Crippen LogP contribution in [0.25, 0.3) is 0 Å². The molecule has 0 spiro atoms.